The van der Waals surface area contributed by atoms with Crippen LogP contribution in [0.25, 0.3) is 0 Å². The summed E-state index contributed by atoms with van der Waals surface area (Å²) >= 11 is 0. The highest BCUT2D eigenvalue weighted by Crippen LogP contribution is 2.26. The molecule has 0 bridgehead atoms. The van der Waals surface area contributed by atoms with E-state index in [2.05, 4.69) is 0 Å². The Morgan fingerprint density at radius 1 is 1.36 bits per heavy atom. The Balaban J connectivity index is 2.65. The number of nitrogens with zero attached hydrogens (tertiary/aromatic N) is 2. The molecule has 0 aliphatic carbocycles. The molecule has 1 saturated heterocycles. The first-order valence-electron chi connectivity index (χ1n) is 6.63. The molecule has 3 amide bonds. The van der Waals surface area contributed by atoms with E-state index in [1.165, 1.54) is 11.9 Å². The van der Waals surface area contributed by atoms with Gasteiger partial charge in [-0.25, -0.2) is 13.2 Å². The van der Waals surface area contributed by atoms with Gasteiger partial charge in [-0.15, -0.1) is 0 Å². The van der Waals surface area contributed by atoms with Crippen molar-refractivity contribution in [2.24, 2.45) is 5.92 Å². The van der Waals surface area contributed by atoms with E-state index in [1.54, 1.807) is 13.8 Å². The number of amides is 3. The third-order valence-corrected chi connectivity index (χ3v) is 4.99. The van der Waals surface area contributed by atoms with Crippen LogP contribution in [0.4, 0.5) is 4.79 Å². The first-order chi connectivity index (χ1) is 9.88. The normalized spacial score (nSPS) is 19.6. The summed E-state index contributed by atoms with van der Waals surface area (Å²) in [5.41, 5.74) is -0.942. The maximum absolute atomic E-state index is 12.1. The van der Waals surface area contributed by atoms with Crippen molar-refractivity contribution in [3.05, 3.63) is 0 Å². The van der Waals surface area contributed by atoms with Crippen molar-refractivity contribution in [3.63, 3.8) is 0 Å². The van der Waals surface area contributed by atoms with Crippen molar-refractivity contribution in [1.82, 2.24) is 9.80 Å². The standard InChI is InChI=1S/C12H19ClN2O6S/c1-12(2)10(18)15(11(19)14(12)3)6-4-5-8(9(16)17)7-22(13,20)21/h8H,4-7H2,1-3H3,(H,16,17). The van der Waals surface area contributed by atoms with Crippen molar-refractivity contribution < 1.29 is 27.9 Å². The van der Waals surface area contributed by atoms with Gasteiger partial charge in [0.1, 0.15) is 5.54 Å². The fourth-order valence-corrected chi connectivity index (χ4v) is 3.44. The van der Waals surface area contributed by atoms with Crippen molar-refractivity contribution in [3.8, 4) is 0 Å². The number of rotatable bonds is 7. The molecule has 1 heterocycles. The van der Waals surface area contributed by atoms with Crippen LogP contribution in [0.3, 0.4) is 0 Å². The Morgan fingerprint density at radius 2 is 1.91 bits per heavy atom. The molecule has 1 aliphatic rings. The van der Waals surface area contributed by atoms with E-state index in [0.717, 1.165) is 4.90 Å². The maximum Gasteiger partial charge on any atom is 0.327 e. The molecule has 1 unspecified atom stereocenters. The summed E-state index contributed by atoms with van der Waals surface area (Å²) in [7, 11) is 2.65. The van der Waals surface area contributed by atoms with E-state index in [-0.39, 0.29) is 25.3 Å². The minimum absolute atomic E-state index is 0.00247. The zero-order chi connectivity index (χ0) is 17.3. The van der Waals surface area contributed by atoms with Gasteiger partial charge in [0.15, 0.2) is 0 Å². The molecule has 0 radical (unpaired) electrons. The number of aliphatic carboxylic acids is 1. The molecular weight excluding hydrogens is 336 g/mol. The van der Waals surface area contributed by atoms with Crippen LogP contribution in [0.5, 0.6) is 0 Å². The molecule has 126 valence electrons. The maximum atomic E-state index is 12.1. The van der Waals surface area contributed by atoms with Gasteiger partial charge in [-0.3, -0.25) is 14.5 Å². The number of hydrogen-bond acceptors (Lipinski definition) is 5. The SMILES string of the molecule is CN1C(=O)N(CCCC(CS(=O)(=O)Cl)C(=O)O)C(=O)C1(C)C. The van der Waals surface area contributed by atoms with E-state index in [4.69, 9.17) is 15.8 Å². The number of carbonyl (C=O) groups is 3. The van der Waals surface area contributed by atoms with Crippen molar-refractivity contribution in [2.45, 2.75) is 32.2 Å². The summed E-state index contributed by atoms with van der Waals surface area (Å²) in [6.45, 7) is 3.28. The van der Waals surface area contributed by atoms with Gasteiger partial charge in [-0.1, -0.05) is 0 Å². The van der Waals surface area contributed by atoms with Crippen molar-refractivity contribution in [1.29, 1.82) is 0 Å². The lowest BCUT2D eigenvalue weighted by atomic mass is 10.0. The number of carboxylic acids is 1. The smallest absolute Gasteiger partial charge is 0.327 e. The van der Waals surface area contributed by atoms with Gasteiger partial charge < -0.3 is 10.0 Å². The van der Waals surface area contributed by atoms with Gasteiger partial charge >= 0.3 is 12.0 Å². The molecule has 1 fully saturated rings. The predicted octanol–water partition coefficient (Wildman–Crippen LogP) is 0.709. The van der Waals surface area contributed by atoms with Gasteiger partial charge in [0.2, 0.25) is 9.05 Å². The van der Waals surface area contributed by atoms with E-state index in [9.17, 15) is 22.8 Å². The Kier molecular flexibility index (Phi) is 5.45. The second-order valence-corrected chi connectivity index (χ2v) is 8.56. The first kappa shape index (κ1) is 18.7. The Hall–Kier alpha value is -1.35. The monoisotopic (exact) mass is 354 g/mol. The van der Waals surface area contributed by atoms with E-state index >= 15 is 0 Å². The van der Waals surface area contributed by atoms with Crippen molar-refractivity contribution in [2.75, 3.05) is 19.3 Å². The third kappa shape index (κ3) is 4.10. The molecule has 1 aliphatic heterocycles. The molecule has 22 heavy (non-hydrogen) atoms. The van der Waals surface area contributed by atoms with Crippen LogP contribution in [-0.2, 0) is 18.6 Å². The van der Waals surface area contributed by atoms with Gasteiger partial charge in [0.05, 0.1) is 11.7 Å². The topological polar surface area (TPSA) is 112 Å². The van der Waals surface area contributed by atoms with Crippen LogP contribution >= 0.6 is 10.7 Å². The summed E-state index contributed by atoms with van der Waals surface area (Å²) in [6, 6.07) is -0.452. The van der Waals surface area contributed by atoms with Crippen LogP contribution in [0.15, 0.2) is 0 Å². The molecule has 0 aromatic heterocycles. The third-order valence-electron chi connectivity index (χ3n) is 3.81. The van der Waals surface area contributed by atoms with Crippen molar-refractivity contribution >= 4 is 37.6 Å². The van der Waals surface area contributed by atoms with Crippen LogP contribution in [-0.4, -0.2) is 66.1 Å². The first-order valence-corrected chi connectivity index (χ1v) is 9.10. The number of halogens is 1. The van der Waals surface area contributed by atoms with Gasteiger partial charge in [-0.2, -0.15) is 0 Å². The summed E-state index contributed by atoms with van der Waals surface area (Å²) in [6.07, 6.45) is 0.188. The number of carboxylic acid groups (broad SMARTS) is 1. The lowest BCUT2D eigenvalue weighted by molar-refractivity contribution is -0.141. The highest BCUT2D eigenvalue weighted by atomic mass is 35.7. The zero-order valence-corrected chi connectivity index (χ0v) is 14.1. The molecule has 10 heteroatoms. The summed E-state index contributed by atoms with van der Waals surface area (Å²) in [4.78, 5) is 37.5. The molecule has 1 N–H and O–H groups in total. The van der Waals surface area contributed by atoms with Crippen LogP contribution < -0.4 is 0 Å². The van der Waals surface area contributed by atoms with E-state index in [0.29, 0.717) is 0 Å². The minimum atomic E-state index is -3.93. The number of imide groups is 1. The number of carbonyl (C=O) groups excluding carboxylic acids is 2. The molecule has 8 nitrogen and oxygen atoms in total. The summed E-state index contributed by atoms with van der Waals surface area (Å²) < 4.78 is 21.9. The second kappa shape index (κ2) is 6.41. The Morgan fingerprint density at radius 3 is 2.27 bits per heavy atom. The largest absolute Gasteiger partial charge is 0.481 e. The van der Waals surface area contributed by atoms with Gasteiger partial charge in [0.25, 0.3) is 5.91 Å². The molecule has 1 rings (SSSR count). The number of urea groups is 1. The highest BCUT2D eigenvalue weighted by molar-refractivity contribution is 8.13. The molecule has 0 aromatic rings. The lowest BCUT2D eigenvalue weighted by Crippen LogP contribution is -2.41. The summed E-state index contributed by atoms with van der Waals surface area (Å²) in [5.74, 6) is -3.49. The highest BCUT2D eigenvalue weighted by Gasteiger charge is 2.48. The molecule has 1 atom stereocenters. The van der Waals surface area contributed by atoms with E-state index < -0.39 is 38.3 Å². The zero-order valence-electron chi connectivity index (χ0n) is 12.6. The fourth-order valence-electron chi connectivity index (χ4n) is 2.19. The number of hydrogen-bond donors (Lipinski definition) is 1. The summed E-state index contributed by atoms with van der Waals surface area (Å²) in [5, 5.41) is 8.98. The average Bonchev–Trinajstić information content (AvgIpc) is 2.50. The van der Waals surface area contributed by atoms with Crippen LogP contribution in [0, 0.1) is 5.92 Å². The molecule has 0 spiro atoms. The quantitative estimate of drug-likeness (QED) is 0.532. The van der Waals surface area contributed by atoms with Gasteiger partial charge in [-0.05, 0) is 26.7 Å². The average molecular weight is 355 g/mol. The minimum Gasteiger partial charge on any atom is -0.481 e. The molecular formula is C12H19ClN2O6S. The Bertz CT molecular complexity index is 588. The van der Waals surface area contributed by atoms with Crippen LogP contribution in [0.1, 0.15) is 26.7 Å². The molecule has 0 aromatic carbocycles. The van der Waals surface area contributed by atoms with Gasteiger partial charge in [0, 0.05) is 24.3 Å². The second-order valence-electron chi connectivity index (χ2n) is 5.74. The Labute approximate surface area is 133 Å². The van der Waals surface area contributed by atoms with Crippen LogP contribution in [0.2, 0.25) is 0 Å². The predicted molar refractivity (Wildman–Crippen MR) is 79.0 cm³/mol. The van der Waals surface area contributed by atoms with E-state index in [1.807, 2.05) is 0 Å². The number of likely N-dealkylation sites (N-methyl/N-ethyl adjacent to an activating group) is 1. The molecule has 0 saturated carbocycles. The fraction of sp³-hybridized carbons (Fsp3) is 0.750. The lowest BCUT2D eigenvalue weighted by Gasteiger charge is -2.22.